The quantitative estimate of drug-likeness (QED) is 0.647. The van der Waals surface area contributed by atoms with E-state index in [1.165, 1.54) is 7.11 Å². The molecule has 6 heteroatoms. The second-order valence-corrected chi connectivity index (χ2v) is 5.19. The molecule has 120 valence electrons. The fourth-order valence-electron chi connectivity index (χ4n) is 2.04. The number of oxime groups is 1. The summed E-state index contributed by atoms with van der Waals surface area (Å²) in [5.41, 5.74) is 1.88. The predicted molar refractivity (Wildman–Crippen MR) is 88.1 cm³/mol. The van der Waals surface area contributed by atoms with Gasteiger partial charge in [0.2, 0.25) is 0 Å². The third-order valence-electron chi connectivity index (χ3n) is 3.18. The zero-order valence-electron chi connectivity index (χ0n) is 12.7. The van der Waals surface area contributed by atoms with Crippen molar-refractivity contribution in [3.63, 3.8) is 0 Å². The van der Waals surface area contributed by atoms with Crippen molar-refractivity contribution >= 4 is 23.3 Å². The van der Waals surface area contributed by atoms with Gasteiger partial charge in [0.1, 0.15) is 19.5 Å². The summed E-state index contributed by atoms with van der Waals surface area (Å²) in [5, 5.41) is 13.5. The van der Waals surface area contributed by atoms with Crippen molar-refractivity contribution in [2.75, 3.05) is 7.11 Å². The van der Waals surface area contributed by atoms with E-state index in [4.69, 9.17) is 16.3 Å². The van der Waals surface area contributed by atoms with E-state index in [1.807, 2.05) is 19.1 Å². The lowest BCUT2D eigenvalue weighted by Crippen LogP contribution is -2.17. The van der Waals surface area contributed by atoms with E-state index >= 15 is 0 Å². The van der Waals surface area contributed by atoms with Crippen LogP contribution in [0.1, 0.15) is 16.7 Å². The van der Waals surface area contributed by atoms with Gasteiger partial charge in [-0.05, 0) is 36.2 Å². The van der Waals surface area contributed by atoms with Crippen LogP contribution in [0.3, 0.4) is 0 Å². The van der Waals surface area contributed by atoms with Gasteiger partial charge in [0.15, 0.2) is 5.71 Å². The average molecular weight is 334 g/mol. The summed E-state index contributed by atoms with van der Waals surface area (Å²) >= 11 is 5.98. The highest BCUT2D eigenvalue weighted by Crippen LogP contribution is 2.22. The Labute approximate surface area is 139 Å². The van der Waals surface area contributed by atoms with Crippen molar-refractivity contribution in [3.8, 4) is 5.75 Å². The van der Waals surface area contributed by atoms with Crippen molar-refractivity contribution in [2.45, 2.75) is 13.5 Å². The average Bonchev–Trinajstić information content (AvgIpc) is 2.54. The standard InChI is InChI=1S/C17H16ClNO4/c1-11-9-13(7-8-15(11)18)23-10-12-5-3-4-6-14(12)16(17(20)21)19-22-2/h3-9H,10H2,1-2H3,(H,20,21)/b19-16+. The van der Waals surface area contributed by atoms with E-state index < -0.39 is 5.97 Å². The van der Waals surface area contributed by atoms with E-state index in [0.717, 1.165) is 5.56 Å². The van der Waals surface area contributed by atoms with E-state index in [2.05, 4.69) is 9.99 Å². The molecule has 0 aromatic heterocycles. The number of ether oxygens (including phenoxy) is 1. The zero-order valence-corrected chi connectivity index (χ0v) is 13.5. The molecule has 0 unspecified atom stereocenters. The Bertz CT molecular complexity index is 743. The van der Waals surface area contributed by atoms with Gasteiger partial charge in [-0.3, -0.25) is 0 Å². The second kappa shape index (κ2) is 7.65. The van der Waals surface area contributed by atoms with E-state index in [-0.39, 0.29) is 12.3 Å². The van der Waals surface area contributed by atoms with Gasteiger partial charge in [0.05, 0.1) is 0 Å². The molecule has 2 aromatic rings. The normalized spacial score (nSPS) is 11.2. The van der Waals surface area contributed by atoms with Gasteiger partial charge < -0.3 is 14.7 Å². The highest BCUT2D eigenvalue weighted by molar-refractivity contribution is 6.42. The number of halogens is 1. The van der Waals surface area contributed by atoms with Crippen LogP contribution in [0.2, 0.25) is 5.02 Å². The fourth-order valence-corrected chi connectivity index (χ4v) is 2.16. The summed E-state index contributed by atoms with van der Waals surface area (Å²) in [6, 6.07) is 12.3. The van der Waals surface area contributed by atoms with Crippen LogP contribution in [0, 0.1) is 6.92 Å². The zero-order chi connectivity index (χ0) is 16.8. The monoisotopic (exact) mass is 333 g/mol. The number of rotatable bonds is 6. The number of aliphatic carboxylic acids is 1. The molecule has 0 aliphatic rings. The van der Waals surface area contributed by atoms with Crippen molar-refractivity contribution in [1.82, 2.24) is 0 Å². The number of carbonyl (C=O) groups is 1. The molecule has 0 aliphatic carbocycles. The summed E-state index contributed by atoms with van der Waals surface area (Å²) in [5.74, 6) is -0.510. The number of aryl methyl sites for hydroxylation is 1. The van der Waals surface area contributed by atoms with Gasteiger partial charge in [-0.25, -0.2) is 4.79 Å². The van der Waals surface area contributed by atoms with Crippen LogP contribution in [0.4, 0.5) is 0 Å². The Morgan fingerprint density at radius 1 is 1.26 bits per heavy atom. The first-order valence-electron chi connectivity index (χ1n) is 6.84. The maximum atomic E-state index is 11.3. The van der Waals surface area contributed by atoms with Crippen LogP contribution >= 0.6 is 11.6 Å². The molecule has 2 rings (SSSR count). The smallest absolute Gasteiger partial charge is 0.358 e. The summed E-state index contributed by atoms with van der Waals surface area (Å²) in [6.07, 6.45) is 0. The lowest BCUT2D eigenvalue weighted by molar-refractivity contribution is -0.129. The minimum absolute atomic E-state index is 0.168. The van der Waals surface area contributed by atoms with Crippen LogP contribution in [-0.2, 0) is 16.2 Å². The molecule has 0 saturated carbocycles. The Morgan fingerprint density at radius 3 is 2.65 bits per heavy atom. The number of carboxylic acids is 1. The van der Waals surface area contributed by atoms with Gasteiger partial charge in [-0.1, -0.05) is 41.0 Å². The number of benzene rings is 2. The van der Waals surface area contributed by atoms with Crippen LogP contribution in [0.25, 0.3) is 0 Å². The van der Waals surface area contributed by atoms with Crippen molar-refractivity contribution < 1.29 is 19.5 Å². The van der Waals surface area contributed by atoms with Gasteiger partial charge >= 0.3 is 5.97 Å². The Kier molecular flexibility index (Phi) is 5.60. The molecule has 0 atom stereocenters. The Balaban J connectivity index is 2.25. The number of hydrogen-bond acceptors (Lipinski definition) is 4. The number of carboxylic acid groups (broad SMARTS) is 1. The minimum atomic E-state index is -1.17. The highest BCUT2D eigenvalue weighted by atomic mass is 35.5. The maximum absolute atomic E-state index is 11.3. The van der Waals surface area contributed by atoms with Crippen LogP contribution in [-0.4, -0.2) is 23.9 Å². The minimum Gasteiger partial charge on any atom is -0.489 e. The molecule has 0 bridgehead atoms. The van der Waals surface area contributed by atoms with Gasteiger partial charge in [0.25, 0.3) is 0 Å². The molecule has 0 saturated heterocycles. The van der Waals surface area contributed by atoms with Crippen LogP contribution in [0.5, 0.6) is 5.75 Å². The molecule has 23 heavy (non-hydrogen) atoms. The number of hydrogen-bond donors (Lipinski definition) is 1. The maximum Gasteiger partial charge on any atom is 0.358 e. The topological polar surface area (TPSA) is 68.1 Å². The molecule has 1 N–H and O–H groups in total. The summed E-state index contributed by atoms with van der Waals surface area (Å²) in [6.45, 7) is 2.09. The Morgan fingerprint density at radius 2 is 2.00 bits per heavy atom. The SMILES string of the molecule is CO/N=C(/C(=O)O)c1ccccc1COc1ccc(Cl)c(C)c1. The first-order chi connectivity index (χ1) is 11.0. The molecular formula is C17H16ClNO4. The summed E-state index contributed by atoms with van der Waals surface area (Å²) in [7, 11) is 1.30. The molecule has 2 aromatic carbocycles. The fraction of sp³-hybridized carbons (Fsp3) is 0.176. The molecule has 0 fully saturated rings. The van der Waals surface area contributed by atoms with E-state index in [0.29, 0.717) is 21.9 Å². The first-order valence-corrected chi connectivity index (χ1v) is 7.22. The lowest BCUT2D eigenvalue weighted by atomic mass is 10.0. The van der Waals surface area contributed by atoms with E-state index in [1.54, 1.807) is 30.3 Å². The van der Waals surface area contributed by atoms with Gasteiger partial charge in [0, 0.05) is 10.6 Å². The number of nitrogens with zero attached hydrogens (tertiary/aromatic N) is 1. The summed E-state index contributed by atoms with van der Waals surface area (Å²) < 4.78 is 5.73. The van der Waals surface area contributed by atoms with Crippen molar-refractivity contribution in [3.05, 3.63) is 64.2 Å². The molecule has 0 radical (unpaired) electrons. The second-order valence-electron chi connectivity index (χ2n) is 4.78. The first kappa shape index (κ1) is 16.8. The van der Waals surface area contributed by atoms with Gasteiger partial charge in [-0.2, -0.15) is 0 Å². The lowest BCUT2D eigenvalue weighted by Gasteiger charge is -2.11. The summed E-state index contributed by atoms with van der Waals surface area (Å²) in [4.78, 5) is 16.0. The van der Waals surface area contributed by atoms with Crippen LogP contribution < -0.4 is 4.74 Å². The van der Waals surface area contributed by atoms with E-state index in [9.17, 15) is 9.90 Å². The molecule has 5 nitrogen and oxygen atoms in total. The van der Waals surface area contributed by atoms with Crippen molar-refractivity contribution in [2.24, 2.45) is 5.16 Å². The predicted octanol–water partition coefficient (Wildman–Crippen LogP) is 3.66. The molecule has 0 amide bonds. The molecule has 0 heterocycles. The Hall–Kier alpha value is -2.53. The molecule has 0 aliphatic heterocycles. The molecular weight excluding hydrogens is 318 g/mol. The largest absolute Gasteiger partial charge is 0.489 e. The van der Waals surface area contributed by atoms with Crippen molar-refractivity contribution in [1.29, 1.82) is 0 Å². The third kappa shape index (κ3) is 4.23. The molecule has 0 spiro atoms. The highest BCUT2D eigenvalue weighted by Gasteiger charge is 2.17. The van der Waals surface area contributed by atoms with Crippen LogP contribution in [0.15, 0.2) is 47.6 Å². The third-order valence-corrected chi connectivity index (χ3v) is 3.61. The van der Waals surface area contributed by atoms with Gasteiger partial charge in [-0.15, -0.1) is 0 Å².